The summed E-state index contributed by atoms with van der Waals surface area (Å²) in [6, 6.07) is 10.4. The Hall–Kier alpha value is -2.49. The van der Waals surface area contributed by atoms with Crippen LogP contribution in [0.3, 0.4) is 0 Å². The molecule has 0 aliphatic heterocycles. The van der Waals surface area contributed by atoms with Crippen LogP contribution in [0.15, 0.2) is 36.5 Å². The van der Waals surface area contributed by atoms with Gasteiger partial charge in [-0.15, -0.1) is 0 Å². The Morgan fingerprint density at radius 1 is 1.05 bits per heavy atom. The SMILES string of the molecule is Cc1cc(C)cc(-c2nc3ccc(N(C)C)cn3c2N)c1. The van der Waals surface area contributed by atoms with Crippen LogP contribution in [0, 0.1) is 13.8 Å². The zero-order valence-corrected chi connectivity index (χ0v) is 12.9. The number of aromatic nitrogens is 2. The van der Waals surface area contributed by atoms with E-state index in [0.29, 0.717) is 5.82 Å². The van der Waals surface area contributed by atoms with Crippen molar-refractivity contribution in [2.24, 2.45) is 0 Å². The second-order valence-corrected chi connectivity index (χ2v) is 5.73. The molecule has 0 spiro atoms. The van der Waals surface area contributed by atoms with Gasteiger partial charge in [0.25, 0.3) is 0 Å². The highest BCUT2D eigenvalue weighted by molar-refractivity contribution is 5.76. The van der Waals surface area contributed by atoms with Gasteiger partial charge in [-0.05, 0) is 38.1 Å². The van der Waals surface area contributed by atoms with Gasteiger partial charge in [-0.1, -0.05) is 17.2 Å². The summed E-state index contributed by atoms with van der Waals surface area (Å²) in [7, 11) is 4.03. The van der Waals surface area contributed by atoms with Crippen LogP contribution in [-0.4, -0.2) is 23.5 Å². The number of nitrogens with zero attached hydrogens (tertiary/aromatic N) is 3. The smallest absolute Gasteiger partial charge is 0.139 e. The number of imidazole rings is 1. The third-order valence-corrected chi connectivity index (χ3v) is 3.65. The fourth-order valence-electron chi connectivity index (χ4n) is 2.64. The molecule has 3 rings (SSSR count). The van der Waals surface area contributed by atoms with Gasteiger partial charge in [-0.3, -0.25) is 4.40 Å². The van der Waals surface area contributed by atoms with Gasteiger partial charge in [0.1, 0.15) is 17.2 Å². The molecule has 2 heterocycles. The Morgan fingerprint density at radius 3 is 2.33 bits per heavy atom. The van der Waals surface area contributed by atoms with Gasteiger partial charge in [-0.2, -0.15) is 0 Å². The van der Waals surface area contributed by atoms with Crippen molar-refractivity contribution >= 4 is 17.2 Å². The average molecular weight is 280 g/mol. The number of benzene rings is 1. The molecule has 0 bridgehead atoms. The minimum absolute atomic E-state index is 0.679. The van der Waals surface area contributed by atoms with Crippen LogP contribution in [0.1, 0.15) is 11.1 Å². The predicted octanol–water partition coefficient (Wildman–Crippen LogP) is 3.27. The van der Waals surface area contributed by atoms with E-state index in [-0.39, 0.29) is 0 Å². The van der Waals surface area contributed by atoms with Gasteiger partial charge in [-0.25, -0.2) is 4.98 Å². The van der Waals surface area contributed by atoms with Crippen LogP contribution >= 0.6 is 0 Å². The van der Waals surface area contributed by atoms with E-state index in [1.54, 1.807) is 0 Å². The lowest BCUT2D eigenvalue weighted by Gasteiger charge is -2.12. The second kappa shape index (κ2) is 4.81. The van der Waals surface area contributed by atoms with E-state index in [0.717, 1.165) is 22.6 Å². The Labute approximate surface area is 124 Å². The molecule has 2 N–H and O–H groups in total. The van der Waals surface area contributed by atoms with E-state index in [1.807, 2.05) is 36.8 Å². The molecule has 0 aliphatic carbocycles. The number of anilines is 2. The number of aryl methyl sites for hydroxylation is 2. The molecule has 4 heteroatoms. The van der Waals surface area contributed by atoms with E-state index in [2.05, 4.69) is 41.9 Å². The number of nitrogens with two attached hydrogens (primary N) is 1. The molecule has 0 saturated heterocycles. The standard InChI is InChI=1S/C17H20N4/c1-11-7-12(2)9-13(8-11)16-17(18)21-10-14(20(3)4)5-6-15(21)19-16/h5-10H,18H2,1-4H3. The maximum Gasteiger partial charge on any atom is 0.139 e. The number of hydrogen-bond donors (Lipinski definition) is 1. The van der Waals surface area contributed by atoms with Crippen molar-refractivity contribution in [2.45, 2.75) is 13.8 Å². The van der Waals surface area contributed by atoms with Crippen LogP contribution in [0.4, 0.5) is 11.5 Å². The van der Waals surface area contributed by atoms with Gasteiger partial charge < -0.3 is 10.6 Å². The minimum Gasteiger partial charge on any atom is -0.383 e. The lowest BCUT2D eigenvalue weighted by Crippen LogP contribution is -2.09. The zero-order chi connectivity index (χ0) is 15.1. The van der Waals surface area contributed by atoms with E-state index in [1.165, 1.54) is 11.1 Å². The summed E-state index contributed by atoms with van der Waals surface area (Å²) in [5, 5.41) is 0. The highest BCUT2D eigenvalue weighted by Gasteiger charge is 2.12. The third kappa shape index (κ3) is 2.33. The molecule has 0 atom stereocenters. The summed E-state index contributed by atoms with van der Waals surface area (Å²) < 4.78 is 1.95. The molecule has 0 saturated carbocycles. The fraction of sp³-hybridized carbons (Fsp3) is 0.235. The van der Waals surface area contributed by atoms with Crippen LogP contribution in [0.5, 0.6) is 0 Å². The number of hydrogen-bond acceptors (Lipinski definition) is 3. The largest absolute Gasteiger partial charge is 0.383 e. The van der Waals surface area contributed by atoms with Gasteiger partial charge in [0.2, 0.25) is 0 Å². The van der Waals surface area contributed by atoms with Crippen LogP contribution in [0.2, 0.25) is 0 Å². The first-order valence-corrected chi connectivity index (χ1v) is 6.99. The van der Waals surface area contributed by atoms with Gasteiger partial charge in [0, 0.05) is 25.9 Å². The van der Waals surface area contributed by atoms with Crippen molar-refractivity contribution in [3.05, 3.63) is 47.7 Å². The number of pyridine rings is 1. The number of nitrogen functional groups attached to an aromatic ring is 1. The lowest BCUT2D eigenvalue weighted by molar-refractivity contribution is 1.09. The van der Waals surface area contributed by atoms with Crippen LogP contribution in [-0.2, 0) is 0 Å². The van der Waals surface area contributed by atoms with Crippen molar-refractivity contribution in [1.82, 2.24) is 9.38 Å². The first-order valence-electron chi connectivity index (χ1n) is 6.99. The van der Waals surface area contributed by atoms with E-state index in [4.69, 9.17) is 5.73 Å². The van der Waals surface area contributed by atoms with Crippen molar-refractivity contribution in [3.63, 3.8) is 0 Å². The molecule has 108 valence electrons. The fourth-order valence-corrected chi connectivity index (χ4v) is 2.64. The van der Waals surface area contributed by atoms with Gasteiger partial charge in [0.15, 0.2) is 0 Å². The molecule has 2 aromatic heterocycles. The van der Waals surface area contributed by atoms with Crippen molar-refractivity contribution < 1.29 is 0 Å². The van der Waals surface area contributed by atoms with Crippen LogP contribution < -0.4 is 10.6 Å². The van der Waals surface area contributed by atoms with Crippen LogP contribution in [0.25, 0.3) is 16.9 Å². The number of fused-ring (bicyclic) bond motifs is 1. The molecule has 0 radical (unpaired) electrons. The molecule has 4 nitrogen and oxygen atoms in total. The summed E-state index contributed by atoms with van der Waals surface area (Å²) in [5.41, 5.74) is 12.6. The Bertz CT molecular complexity index is 795. The summed E-state index contributed by atoms with van der Waals surface area (Å²) in [5.74, 6) is 0.679. The van der Waals surface area contributed by atoms with E-state index < -0.39 is 0 Å². The molecule has 0 amide bonds. The van der Waals surface area contributed by atoms with Crippen molar-refractivity contribution in [2.75, 3.05) is 24.7 Å². The first kappa shape index (κ1) is 13.5. The Balaban J connectivity index is 2.22. The Morgan fingerprint density at radius 2 is 1.71 bits per heavy atom. The topological polar surface area (TPSA) is 46.6 Å². The van der Waals surface area contributed by atoms with Gasteiger partial charge in [0.05, 0.1) is 5.69 Å². The predicted molar refractivity (Wildman–Crippen MR) is 88.8 cm³/mol. The van der Waals surface area contributed by atoms with E-state index in [9.17, 15) is 0 Å². The summed E-state index contributed by atoms with van der Waals surface area (Å²) in [6.45, 7) is 4.18. The van der Waals surface area contributed by atoms with E-state index >= 15 is 0 Å². The van der Waals surface area contributed by atoms with Crippen molar-refractivity contribution in [1.29, 1.82) is 0 Å². The van der Waals surface area contributed by atoms with Crippen molar-refractivity contribution in [3.8, 4) is 11.3 Å². The summed E-state index contributed by atoms with van der Waals surface area (Å²) in [4.78, 5) is 6.74. The highest BCUT2D eigenvalue weighted by atomic mass is 15.1. The molecule has 0 unspecified atom stereocenters. The maximum atomic E-state index is 6.32. The molecular weight excluding hydrogens is 260 g/mol. The maximum absolute atomic E-state index is 6.32. The average Bonchev–Trinajstić information content (AvgIpc) is 2.74. The zero-order valence-electron chi connectivity index (χ0n) is 12.9. The normalized spacial score (nSPS) is 11.0. The molecule has 0 fully saturated rings. The van der Waals surface area contributed by atoms with Gasteiger partial charge >= 0.3 is 0 Å². The Kier molecular flexibility index (Phi) is 3.09. The molecular formula is C17H20N4. The lowest BCUT2D eigenvalue weighted by atomic mass is 10.1. The first-order chi connectivity index (χ1) is 9.95. The summed E-state index contributed by atoms with van der Waals surface area (Å²) in [6.07, 6.45) is 2.02. The quantitative estimate of drug-likeness (QED) is 0.783. The second-order valence-electron chi connectivity index (χ2n) is 5.73. The summed E-state index contributed by atoms with van der Waals surface area (Å²) >= 11 is 0. The molecule has 21 heavy (non-hydrogen) atoms. The number of rotatable bonds is 2. The molecule has 0 aliphatic rings. The minimum atomic E-state index is 0.679. The monoisotopic (exact) mass is 280 g/mol. The highest BCUT2D eigenvalue weighted by Crippen LogP contribution is 2.29. The molecule has 1 aromatic carbocycles. The molecule has 3 aromatic rings. The third-order valence-electron chi connectivity index (χ3n) is 3.65.